The Labute approximate surface area is 69.8 Å². The second kappa shape index (κ2) is 2.77. The zero-order valence-corrected chi connectivity index (χ0v) is 7.27. The monoisotopic (exact) mass is 169 g/mol. The summed E-state index contributed by atoms with van der Waals surface area (Å²) in [6.07, 6.45) is 1.37. The number of hydrogen-bond acceptors (Lipinski definition) is 4. The predicted molar refractivity (Wildman–Crippen MR) is 45.7 cm³/mol. The molecular weight excluding hydrogens is 158 g/mol. The van der Waals surface area contributed by atoms with E-state index in [1.54, 1.807) is 16.8 Å². The molecule has 1 aliphatic rings. The number of hydrogen-bond donors (Lipinski definition) is 1. The number of nitrogens with zero attached hydrogens (tertiary/aromatic N) is 2. The van der Waals surface area contributed by atoms with E-state index >= 15 is 0 Å². The Hall–Kier alpha value is -0.640. The third kappa shape index (κ3) is 1.68. The maximum absolute atomic E-state index is 3.90. The van der Waals surface area contributed by atoms with E-state index in [0.29, 0.717) is 0 Å². The first-order valence-electron chi connectivity index (χ1n) is 3.86. The van der Waals surface area contributed by atoms with Gasteiger partial charge in [0.05, 0.1) is 0 Å². The summed E-state index contributed by atoms with van der Waals surface area (Å²) < 4.78 is 0. The van der Waals surface area contributed by atoms with Gasteiger partial charge in [-0.15, -0.1) is 10.2 Å². The summed E-state index contributed by atoms with van der Waals surface area (Å²) in [6.45, 7) is 3.35. The van der Waals surface area contributed by atoms with E-state index in [2.05, 4.69) is 22.4 Å². The molecule has 1 aromatic heterocycles. The van der Waals surface area contributed by atoms with Crippen LogP contribution < -0.4 is 5.32 Å². The Morgan fingerprint density at radius 1 is 1.82 bits per heavy atom. The SMILES string of the molecule is CC1CC1CNc1nncs1. The van der Waals surface area contributed by atoms with Crippen molar-refractivity contribution in [2.24, 2.45) is 11.8 Å². The second-order valence-electron chi connectivity index (χ2n) is 3.10. The summed E-state index contributed by atoms with van der Waals surface area (Å²) >= 11 is 1.56. The zero-order chi connectivity index (χ0) is 7.68. The van der Waals surface area contributed by atoms with E-state index in [0.717, 1.165) is 23.5 Å². The lowest BCUT2D eigenvalue weighted by molar-refractivity contribution is 0.785. The zero-order valence-electron chi connectivity index (χ0n) is 6.45. The fourth-order valence-electron chi connectivity index (χ4n) is 1.15. The van der Waals surface area contributed by atoms with E-state index in [1.807, 2.05) is 0 Å². The minimum Gasteiger partial charge on any atom is -0.360 e. The smallest absolute Gasteiger partial charge is 0.205 e. The normalized spacial score (nSPS) is 28.5. The number of aromatic nitrogens is 2. The summed E-state index contributed by atoms with van der Waals surface area (Å²) in [6, 6.07) is 0. The van der Waals surface area contributed by atoms with Gasteiger partial charge in [-0.25, -0.2) is 0 Å². The summed E-state index contributed by atoms with van der Waals surface area (Å²) in [5.74, 6) is 1.79. The lowest BCUT2D eigenvalue weighted by atomic mass is 10.3. The fourth-order valence-corrected chi connectivity index (χ4v) is 1.61. The highest BCUT2D eigenvalue weighted by atomic mass is 32.1. The minimum absolute atomic E-state index is 0.874. The molecule has 1 aromatic rings. The second-order valence-corrected chi connectivity index (χ2v) is 3.93. The van der Waals surface area contributed by atoms with Gasteiger partial charge < -0.3 is 5.32 Å². The van der Waals surface area contributed by atoms with Gasteiger partial charge in [-0.1, -0.05) is 18.3 Å². The van der Waals surface area contributed by atoms with Crippen molar-refractivity contribution in [2.45, 2.75) is 13.3 Å². The van der Waals surface area contributed by atoms with Gasteiger partial charge in [-0.2, -0.15) is 0 Å². The van der Waals surface area contributed by atoms with E-state index in [9.17, 15) is 0 Å². The van der Waals surface area contributed by atoms with Crippen molar-refractivity contribution in [3.05, 3.63) is 5.51 Å². The molecule has 1 aliphatic carbocycles. The van der Waals surface area contributed by atoms with Crippen molar-refractivity contribution < 1.29 is 0 Å². The van der Waals surface area contributed by atoms with Crippen LogP contribution in [0.15, 0.2) is 5.51 Å². The van der Waals surface area contributed by atoms with Crippen LogP contribution in [0.4, 0.5) is 5.13 Å². The Bertz CT molecular complexity index is 222. The van der Waals surface area contributed by atoms with Gasteiger partial charge in [0, 0.05) is 6.54 Å². The number of nitrogens with one attached hydrogen (secondary N) is 1. The molecule has 1 fully saturated rings. The molecule has 0 aliphatic heterocycles. The molecular formula is C7H11N3S. The van der Waals surface area contributed by atoms with E-state index in [4.69, 9.17) is 0 Å². The van der Waals surface area contributed by atoms with Gasteiger partial charge in [0.2, 0.25) is 5.13 Å². The van der Waals surface area contributed by atoms with Crippen molar-refractivity contribution in [2.75, 3.05) is 11.9 Å². The molecule has 4 heteroatoms. The number of rotatable bonds is 3. The van der Waals surface area contributed by atoms with Crippen LogP contribution in [0.25, 0.3) is 0 Å². The van der Waals surface area contributed by atoms with Gasteiger partial charge in [0.25, 0.3) is 0 Å². The average molecular weight is 169 g/mol. The predicted octanol–water partition coefficient (Wildman–Crippen LogP) is 1.61. The first kappa shape index (κ1) is 7.03. The molecule has 2 atom stereocenters. The van der Waals surface area contributed by atoms with Crippen molar-refractivity contribution in [1.82, 2.24) is 10.2 Å². The van der Waals surface area contributed by atoms with Crippen LogP contribution in [0.3, 0.4) is 0 Å². The van der Waals surface area contributed by atoms with Gasteiger partial charge >= 0.3 is 0 Å². The molecule has 11 heavy (non-hydrogen) atoms. The molecule has 60 valence electrons. The molecule has 0 aromatic carbocycles. The standard InChI is InChI=1S/C7H11N3S/c1-5-2-6(5)3-8-7-10-9-4-11-7/h4-6H,2-3H2,1H3,(H,8,10). The van der Waals surface area contributed by atoms with Crippen molar-refractivity contribution in [3.63, 3.8) is 0 Å². The third-order valence-electron chi connectivity index (χ3n) is 2.15. The number of anilines is 1. The molecule has 1 saturated carbocycles. The highest BCUT2D eigenvalue weighted by molar-refractivity contribution is 7.13. The maximum Gasteiger partial charge on any atom is 0.205 e. The molecule has 1 N–H and O–H groups in total. The Kier molecular flexibility index (Phi) is 1.77. The largest absolute Gasteiger partial charge is 0.360 e. The summed E-state index contributed by atoms with van der Waals surface area (Å²) in [5, 5.41) is 11.9. The van der Waals surface area contributed by atoms with Gasteiger partial charge in [0.1, 0.15) is 5.51 Å². The molecule has 0 spiro atoms. The van der Waals surface area contributed by atoms with Crippen LogP contribution in [-0.2, 0) is 0 Å². The van der Waals surface area contributed by atoms with Crippen LogP contribution >= 0.6 is 11.3 Å². The van der Waals surface area contributed by atoms with Crippen molar-refractivity contribution in [1.29, 1.82) is 0 Å². The molecule has 0 saturated heterocycles. The Morgan fingerprint density at radius 3 is 3.18 bits per heavy atom. The average Bonchev–Trinajstić information content (AvgIpc) is 2.55. The minimum atomic E-state index is 0.874. The van der Waals surface area contributed by atoms with Crippen LogP contribution in [0.1, 0.15) is 13.3 Å². The molecule has 0 amide bonds. The summed E-state index contributed by atoms with van der Waals surface area (Å²) in [4.78, 5) is 0. The summed E-state index contributed by atoms with van der Waals surface area (Å²) in [7, 11) is 0. The third-order valence-corrected chi connectivity index (χ3v) is 2.80. The Balaban J connectivity index is 1.75. The van der Waals surface area contributed by atoms with Gasteiger partial charge in [-0.05, 0) is 18.3 Å². The summed E-state index contributed by atoms with van der Waals surface area (Å²) in [5.41, 5.74) is 1.75. The van der Waals surface area contributed by atoms with Crippen LogP contribution in [-0.4, -0.2) is 16.7 Å². The van der Waals surface area contributed by atoms with E-state index < -0.39 is 0 Å². The quantitative estimate of drug-likeness (QED) is 0.747. The van der Waals surface area contributed by atoms with E-state index in [1.165, 1.54) is 6.42 Å². The van der Waals surface area contributed by atoms with Crippen LogP contribution in [0.2, 0.25) is 0 Å². The van der Waals surface area contributed by atoms with Crippen molar-refractivity contribution >= 4 is 16.5 Å². The first-order chi connectivity index (χ1) is 5.36. The van der Waals surface area contributed by atoms with Gasteiger partial charge in [0.15, 0.2) is 0 Å². The van der Waals surface area contributed by atoms with Gasteiger partial charge in [-0.3, -0.25) is 0 Å². The topological polar surface area (TPSA) is 37.8 Å². The molecule has 2 rings (SSSR count). The molecule has 1 heterocycles. The molecule has 3 nitrogen and oxygen atoms in total. The molecule has 0 bridgehead atoms. The molecule has 2 unspecified atom stereocenters. The highest BCUT2D eigenvalue weighted by Crippen LogP contribution is 2.37. The van der Waals surface area contributed by atoms with Crippen molar-refractivity contribution in [3.8, 4) is 0 Å². The lowest BCUT2D eigenvalue weighted by Crippen LogP contribution is -2.03. The van der Waals surface area contributed by atoms with Crippen LogP contribution in [0, 0.1) is 11.8 Å². The highest BCUT2D eigenvalue weighted by Gasteiger charge is 2.31. The fraction of sp³-hybridized carbons (Fsp3) is 0.714. The van der Waals surface area contributed by atoms with E-state index in [-0.39, 0.29) is 0 Å². The Morgan fingerprint density at radius 2 is 2.64 bits per heavy atom. The molecule has 0 radical (unpaired) electrons. The first-order valence-corrected chi connectivity index (χ1v) is 4.74. The van der Waals surface area contributed by atoms with Crippen LogP contribution in [0.5, 0.6) is 0 Å². The lowest BCUT2D eigenvalue weighted by Gasteiger charge is -1.97. The maximum atomic E-state index is 3.90.